The molecule has 0 radical (unpaired) electrons. The summed E-state index contributed by atoms with van der Waals surface area (Å²) >= 11 is 0. The molecular weight excluding hydrogens is 226 g/mol. The fourth-order valence-corrected chi connectivity index (χ4v) is 1.83. The van der Waals surface area contributed by atoms with Crippen LogP contribution in [-0.4, -0.2) is 16.9 Å². The molecule has 0 saturated heterocycles. The van der Waals surface area contributed by atoms with Crippen LogP contribution in [0.1, 0.15) is 16.8 Å². The molecule has 2 aromatic rings. The normalized spacial score (nSPS) is 10.6. The van der Waals surface area contributed by atoms with Crippen molar-refractivity contribution in [3.8, 4) is 5.88 Å². The third-order valence-electron chi connectivity index (χ3n) is 2.85. The van der Waals surface area contributed by atoms with Gasteiger partial charge in [-0.25, -0.2) is 4.68 Å². The van der Waals surface area contributed by atoms with Gasteiger partial charge in [-0.3, -0.25) is 0 Å². The number of aromatic nitrogens is 2. The molecule has 4 nitrogen and oxygen atoms in total. The van der Waals surface area contributed by atoms with Crippen LogP contribution in [0.5, 0.6) is 5.88 Å². The number of nitrogens with one attached hydrogen (secondary N) is 1. The predicted molar refractivity (Wildman–Crippen MR) is 71.5 cm³/mol. The number of hydrogen-bond acceptors (Lipinski definition) is 3. The molecule has 0 atom stereocenters. The fraction of sp³-hybridized carbons (Fsp3) is 0.357. The van der Waals surface area contributed by atoms with Crippen molar-refractivity contribution in [1.82, 2.24) is 15.1 Å². The molecule has 96 valence electrons. The number of methoxy groups -OCH3 is 1. The van der Waals surface area contributed by atoms with Crippen molar-refractivity contribution in [2.45, 2.75) is 20.0 Å². The van der Waals surface area contributed by atoms with E-state index in [1.54, 1.807) is 11.8 Å². The van der Waals surface area contributed by atoms with E-state index < -0.39 is 0 Å². The molecule has 0 aliphatic carbocycles. The van der Waals surface area contributed by atoms with E-state index in [0.717, 1.165) is 24.7 Å². The number of benzene rings is 1. The number of ether oxygens (including phenoxy) is 1. The molecule has 1 N–H and O–H groups in total. The molecule has 0 aliphatic rings. The average Bonchev–Trinajstić information content (AvgIpc) is 2.72. The molecule has 0 spiro atoms. The van der Waals surface area contributed by atoms with Crippen molar-refractivity contribution in [1.29, 1.82) is 0 Å². The molecule has 4 heteroatoms. The van der Waals surface area contributed by atoms with Crippen molar-refractivity contribution in [2.24, 2.45) is 7.05 Å². The molecule has 0 aliphatic heterocycles. The maximum absolute atomic E-state index is 5.18. The Kier molecular flexibility index (Phi) is 3.99. The monoisotopic (exact) mass is 245 g/mol. The Morgan fingerprint density at radius 1 is 1.22 bits per heavy atom. The van der Waals surface area contributed by atoms with E-state index in [9.17, 15) is 0 Å². The van der Waals surface area contributed by atoms with Gasteiger partial charge in [0.1, 0.15) is 0 Å². The first-order chi connectivity index (χ1) is 8.69. The van der Waals surface area contributed by atoms with Gasteiger partial charge in [-0.2, -0.15) is 5.10 Å². The standard InChI is InChI=1S/C14H19N3O/c1-11-4-6-12(7-5-11)9-15-10-13-8-14(18-3)17(2)16-13/h4-8,15H,9-10H2,1-3H3. The Balaban J connectivity index is 1.86. The van der Waals surface area contributed by atoms with E-state index in [0.29, 0.717) is 0 Å². The van der Waals surface area contributed by atoms with Crippen LogP contribution in [0.3, 0.4) is 0 Å². The summed E-state index contributed by atoms with van der Waals surface area (Å²) in [7, 11) is 3.53. The first kappa shape index (κ1) is 12.6. The van der Waals surface area contributed by atoms with Crippen molar-refractivity contribution in [2.75, 3.05) is 7.11 Å². The van der Waals surface area contributed by atoms with Gasteiger partial charge in [0.25, 0.3) is 0 Å². The average molecular weight is 245 g/mol. The van der Waals surface area contributed by atoms with Crippen molar-refractivity contribution < 1.29 is 4.74 Å². The zero-order chi connectivity index (χ0) is 13.0. The van der Waals surface area contributed by atoms with Gasteiger partial charge in [-0.05, 0) is 12.5 Å². The first-order valence-corrected chi connectivity index (χ1v) is 6.02. The lowest BCUT2D eigenvalue weighted by Crippen LogP contribution is -2.13. The van der Waals surface area contributed by atoms with Crippen LogP contribution in [0.2, 0.25) is 0 Å². The zero-order valence-electron chi connectivity index (χ0n) is 11.1. The molecule has 0 bridgehead atoms. The number of hydrogen-bond donors (Lipinski definition) is 1. The summed E-state index contributed by atoms with van der Waals surface area (Å²) in [5.41, 5.74) is 3.55. The summed E-state index contributed by atoms with van der Waals surface area (Å²) in [6.07, 6.45) is 0. The van der Waals surface area contributed by atoms with E-state index in [1.165, 1.54) is 11.1 Å². The summed E-state index contributed by atoms with van der Waals surface area (Å²) in [5.74, 6) is 0.780. The number of nitrogens with zero attached hydrogens (tertiary/aromatic N) is 2. The lowest BCUT2D eigenvalue weighted by Gasteiger charge is -2.03. The molecule has 1 aromatic heterocycles. The first-order valence-electron chi connectivity index (χ1n) is 6.02. The van der Waals surface area contributed by atoms with Gasteiger partial charge in [0.15, 0.2) is 0 Å². The smallest absolute Gasteiger partial charge is 0.211 e. The second-order valence-electron chi connectivity index (χ2n) is 4.39. The van der Waals surface area contributed by atoms with Gasteiger partial charge in [0, 0.05) is 26.2 Å². The van der Waals surface area contributed by atoms with Crippen LogP contribution in [0.4, 0.5) is 0 Å². The van der Waals surface area contributed by atoms with E-state index in [-0.39, 0.29) is 0 Å². The highest BCUT2D eigenvalue weighted by atomic mass is 16.5. The SMILES string of the molecule is COc1cc(CNCc2ccc(C)cc2)nn1C. The molecule has 0 saturated carbocycles. The van der Waals surface area contributed by atoms with E-state index >= 15 is 0 Å². The van der Waals surface area contributed by atoms with Crippen LogP contribution in [0.15, 0.2) is 30.3 Å². The zero-order valence-corrected chi connectivity index (χ0v) is 11.1. The third kappa shape index (κ3) is 3.11. The Hall–Kier alpha value is -1.81. The lowest BCUT2D eigenvalue weighted by atomic mass is 10.1. The highest BCUT2D eigenvalue weighted by molar-refractivity contribution is 5.21. The van der Waals surface area contributed by atoms with E-state index in [4.69, 9.17) is 4.74 Å². The third-order valence-corrected chi connectivity index (χ3v) is 2.85. The molecule has 1 heterocycles. The summed E-state index contributed by atoms with van der Waals surface area (Å²) in [4.78, 5) is 0. The molecular formula is C14H19N3O. The Morgan fingerprint density at radius 3 is 2.56 bits per heavy atom. The van der Waals surface area contributed by atoms with Crippen LogP contribution in [0, 0.1) is 6.92 Å². The van der Waals surface area contributed by atoms with Gasteiger partial charge in [-0.15, -0.1) is 0 Å². The van der Waals surface area contributed by atoms with Crippen molar-refractivity contribution >= 4 is 0 Å². The molecule has 1 aromatic carbocycles. The largest absolute Gasteiger partial charge is 0.481 e. The van der Waals surface area contributed by atoms with Gasteiger partial charge in [0.05, 0.1) is 12.8 Å². The Bertz CT molecular complexity index is 502. The summed E-state index contributed by atoms with van der Waals surface area (Å²) < 4.78 is 6.92. The van der Waals surface area contributed by atoms with Crippen molar-refractivity contribution in [3.05, 3.63) is 47.2 Å². The van der Waals surface area contributed by atoms with Crippen LogP contribution >= 0.6 is 0 Å². The van der Waals surface area contributed by atoms with Crippen LogP contribution < -0.4 is 10.1 Å². The lowest BCUT2D eigenvalue weighted by molar-refractivity contribution is 0.373. The second-order valence-corrected chi connectivity index (χ2v) is 4.39. The van der Waals surface area contributed by atoms with Crippen molar-refractivity contribution in [3.63, 3.8) is 0 Å². The minimum absolute atomic E-state index is 0.741. The van der Waals surface area contributed by atoms with E-state index in [2.05, 4.69) is 41.6 Å². The highest BCUT2D eigenvalue weighted by Gasteiger charge is 2.04. The summed E-state index contributed by atoms with van der Waals surface area (Å²) in [5, 5.41) is 7.73. The van der Waals surface area contributed by atoms with Crippen LogP contribution in [0.25, 0.3) is 0 Å². The van der Waals surface area contributed by atoms with Gasteiger partial charge in [-0.1, -0.05) is 29.8 Å². The van der Waals surface area contributed by atoms with E-state index in [1.807, 2.05) is 13.1 Å². The molecule has 0 amide bonds. The highest BCUT2D eigenvalue weighted by Crippen LogP contribution is 2.11. The Morgan fingerprint density at radius 2 is 1.94 bits per heavy atom. The minimum Gasteiger partial charge on any atom is -0.481 e. The topological polar surface area (TPSA) is 39.1 Å². The van der Waals surface area contributed by atoms with Gasteiger partial charge < -0.3 is 10.1 Å². The Labute approximate surface area is 108 Å². The minimum atomic E-state index is 0.741. The quantitative estimate of drug-likeness (QED) is 0.876. The number of aryl methyl sites for hydroxylation is 2. The molecule has 0 unspecified atom stereocenters. The fourth-order valence-electron chi connectivity index (χ4n) is 1.83. The maximum Gasteiger partial charge on any atom is 0.211 e. The van der Waals surface area contributed by atoms with Gasteiger partial charge >= 0.3 is 0 Å². The van der Waals surface area contributed by atoms with Crippen LogP contribution in [-0.2, 0) is 20.1 Å². The molecule has 0 fully saturated rings. The predicted octanol–water partition coefficient (Wildman–Crippen LogP) is 2.03. The summed E-state index contributed by atoms with van der Waals surface area (Å²) in [6, 6.07) is 10.5. The number of rotatable bonds is 5. The molecule has 18 heavy (non-hydrogen) atoms. The summed E-state index contributed by atoms with van der Waals surface area (Å²) in [6.45, 7) is 3.68. The van der Waals surface area contributed by atoms with Gasteiger partial charge in [0.2, 0.25) is 5.88 Å². The maximum atomic E-state index is 5.18. The molecule has 2 rings (SSSR count). The second kappa shape index (κ2) is 5.69.